The molecule has 1 fully saturated rings. The molecule has 0 amide bonds. The second kappa shape index (κ2) is 6.11. The Morgan fingerprint density at radius 2 is 2.28 bits per heavy atom. The molecule has 0 aliphatic carbocycles. The zero-order chi connectivity index (χ0) is 13.0. The van der Waals surface area contributed by atoms with Crippen LogP contribution in [0, 0.1) is 13.8 Å². The van der Waals surface area contributed by atoms with Crippen LogP contribution < -0.4 is 10.2 Å². The fourth-order valence-corrected chi connectivity index (χ4v) is 2.28. The van der Waals surface area contributed by atoms with Gasteiger partial charge in [-0.05, 0) is 20.4 Å². The third kappa shape index (κ3) is 3.17. The third-order valence-electron chi connectivity index (χ3n) is 3.10. The summed E-state index contributed by atoms with van der Waals surface area (Å²) in [5.41, 5.74) is 1.02. The highest BCUT2D eigenvalue weighted by atomic mass is 16.5. The van der Waals surface area contributed by atoms with Crippen molar-refractivity contribution >= 4 is 5.82 Å². The number of hydrogen-bond donors (Lipinski definition) is 1. The van der Waals surface area contributed by atoms with E-state index in [0.29, 0.717) is 6.04 Å². The van der Waals surface area contributed by atoms with Crippen molar-refractivity contribution in [2.75, 3.05) is 37.7 Å². The van der Waals surface area contributed by atoms with Gasteiger partial charge in [-0.3, -0.25) is 0 Å². The second-order valence-corrected chi connectivity index (χ2v) is 4.64. The van der Waals surface area contributed by atoms with Crippen LogP contribution in [0.25, 0.3) is 0 Å². The summed E-state index contributed by atoms with van der Waals surface area (Å²) < 4.78 is 5.57. The molecule has 5 heteroatoms. The maximum atomic E-state index is 5.57. The molecular formula is C13H22N4O. The standard InChI is InChI=1S/C13H22N4O/c1-4-14-8-12-9-18-6-5-17(12)13-7-10(2)15-11(3)16-13/h7,12,14H,4-6,8-9H2,1-3H3. The summed E-state index contributed by atoms with van der Waals surface area (Å²) in [5.74, 6) is 1.85. The van der Waals surface area contributed by atoms with Gasteiger partial charge in [-0.2, -0.15) is 0 Å². The minimum absolute atomic E-state index is 0.354. The first-order valence-electron chi connectivity index (χ1n) is 6.58. The minimum atomic E-state index is 0.354. The minimum Gasteiger partial charge on any atom is -0.377 e. The molecule has 0 spiro atoms. The van der Waals surface area contributed by atoms with Crippen molar-refractivity contribution < 1.29 is 4.74 Å². The average molecular weight is 250 g/mol. The Hall–Kier alpha value is -1.20. The van der Waals surface area contributed by atoms with E-state index in [0.717, 1.165) is 50.2 Å². The molecule has 2 rings (SSSR count). The quantitative estimate of drug-likeness (QED) is 0.860. The molecular weight excluding hydrogens is 228 g/mol. The SMILES string of the molecule is CCNCC1COCCN1c1cc(C)nc(C)n1. The molecule has 0 saturated carbocycles. The van der Waals surface area contributed by atoms with E-state index in [1.807, 2.05) is 13.8 Å². The van der Waals surface area contributed by atoms with E-state index >= 15 is 0 Å². The van der Waals surface area contributed by atoms with Crippen LogP contribution in [-0.2, 0) is 4.74 Å². The van der Waals surface area contributed by atoms with E-state index in [2.05, 4.69) is 33.2 Å². The molecule has 5 nitrogen and oxygen atoms in total. The van der Waals surface area contributed by atoms with Crippen molar-refractivity contribution in [1.82, 2.24) is 15.3 Å². The molecule has 1 aliphatic heterocycles. The van der Waals surface area contributed by atoms with Gasteiger partial charge < -0.3 is 15.0 Å². The lowest BCUT2D eigenvalue weighted by molar-refractivity contribution is 0.0935. The Morgan fingerprint density at radius 1 is 1.44 bits per heavy atom. The number of anilines is 1. The van der Waals surface area contributed by atoms with E-state index in [1.165, 1.54) is 0 Å². The van der Waals surface area contributed by atoms with E-state index in [9.17, 15) is 0 Å². The average Bonchev–Trinajstić information content (AvgIpc) is 2.35. The fourth-order valence-electron chi connectivity index (χ4n) is 2.28. The predicted molar refractivity (Wildman–Crippen MR) is 72.0 cm³/mol. The molecule has 0 aromatic carbocycles. The number of aromatic nitrogens is 2. The number of aryl methyl sites for hydroxylation is 2. The summed E-state index contributed by atoms with van der Waals surface area (Å²) in [6.07, 6.45) is 0. The van der Waals surface area contributed by atoms with E-state index in [1.54, 1.807) is 0 Å². The van der Waals surface area contributed by atoms with E-state index in [4.69, 9.17) is 4.74 Å². The molecule has 1 aromatic heterocycles. The lowest BCUT2D eigenvalue weighted by Gasteiger charge is -2.36. The summed E-state index contributed by atoms with van der Waals surface area (Å²) in [6.45, 7) is 10.4. The van der Waals surface area contributed by atoms with Crippen LogP contribution in [-0.4, -0.2) is 48.9 Å². The lowest BCUT2D eigenvalue weighted by Crippen LogP contribution is -2.51. The highest BCUT2D eigenvalue weighted by Gasteiger charge is 2.24. The summed E-state index contributed by atoms with van der Waals surface area (Å²) in [4.78, 5) is 11.2. The summed E-state index contributed by atoms with van der Waals surface area (Å²) in [6, 6.07) is 2.41. The maximum Gasteiger partial charge on any atom is 0.132 e. The number of nitrogens with zero attached hydrogens (tertiary/aromatic N) is 3. The Bertz CT molecular complexity index is 376. The molecule has 18 heavy (non-hydrogen) atoms. The lowest BCUT2D eigenvalue weighted by atomic mass is 10.2. The number of morpholine rings is 1. The van der Waals surface area contributed by atoms with Crippen LogP contribution in [0.3, 0.4) is 0 Å². The van der Waals surface area contributed by atoms with Gasteiger partial charge in [-0.25, -0.2) is 9.97 Å². The maximum absolute atomic E-state index is 5.57. The van der Waals surface area contributed by atoms with Gasteiger partial charge in [-0.1, -0.05) is 6.92 Å². The normalized spacial score (nSPS) is 20.2. The molecule has 1 saturated heterocycles. The zero-order valence-electron chi connectivity index (χ0n) is 11.4. The highest BCUT2D eigenvalue weighted by molar-refractivity contribution is 5.41. The van der Waals surface area contributed by atoms with Gasteiger partial charge in [0.2, 0.25) is 0 Å². The number of likely N-dealkylation sites (N-methyl/N-ethyl adjacent to an activating group) is 1. The van der Waals surface area contributed by atoms with Gasteiger partial charge in [0.05, 0.1) is 19.3 Å². The molecule has 1 N–H and O–H groups in total. The Labute approximate surface area is 109 Å². The topological polar surface area (TPSA) is 50.3 Å². The smallest absolute Gasteiger partial charge is 0.132 e. The number of rotatable bonds is 4. The van der Waals surface area contributed by atoms with Gasteiger partial charge >= 0.3 is 0 Å². The van der Waals surface area contributed by atoms with Gasteiger partial charge in [0.25, 0.3) is 0 Å². The number of ether oxygens (including phenoxy) is 1. The van der Waals surface area contributed by atoms with Crippen LogP contribution >= 0.6 is 0 Å². The van der Waals surface area contributed by atoms with Crippen molar-refractivity contribution in [2.24, 2.45) is 0 Å². The first kappa shape index (κ1) is 13.2. The van der Waals surface area contributed by atoms with Crippen LogP contribution in [0.1, 0.15) is 18.4 Å². The van der Waals surface area contributed by atoms with Gasteiger partial charge in [0, 0.05) is 24.8 Å². The summed E-state index contributed by atoms with van der Waals surface area (Å²) in [7, 11) is 0. The first-order chi connectivity index (χ1) is 8.70. The number of nitrogens with one attached hydrogen (secondary N) is 1. The molecule has 0 radical (unpaired) electrons. The van der Waals surface area contributed by atoms with Gasteiger partial charge in [0.1, 0.15) is 11.6 Å². The molecule has 1 aliphatic rings. The van der Waals surface area contributed by atoms with Crippen molar-refractivity contribution in [2.45, 2.75) is 26.8 Å². The fraction of sp³-hybridized carbons (Fsp3) is 0.692. The summed E-state index contributed by atoms with van der Waals surface area (Å²) >= 11 is 0. The summed E-state index contributed by atoms with van der Waals surface area (Å²) in [5, 5.41) is 3.38. The molecule has 1 atom stereocenters. The van der Waals surface area contributed by atoms with Gasteiger partial charge in [-0.15, -0.1) is 0 Å². The second-order valence-electron chi connectivity index (χ2n) is 4.64. The Kier molecular flexibility index (Phi) is 4.49. The highest BCUT2D eigenvalue weighted by Crippen LogP contribution is 2.18. The van der Waals surface area contributed by atoms with Crippen molar-refractivity contribution in [3.05, 3.63) is 17.6 Å². The van der Waals surface area contributed by atoms with Crippen molar-refractivity contribution in [1.29, 1.82) is 0 Å². The predicted octanol–water partition coefficient (Wildman–Crippen LogP) is 0.908. The van der Waals surface area contributed by atoms with E-state index < -0.39 is 0 Å². The molecule has 1 aromatic rings. The Balaban J connectivity index is 2.16. The van der Waals surface area contributed by atoms with Crippen molar-refractivity contribution in [3.8, 4) is 0 Å². The van der Waals surface area contributed by atoms with Gasteiger partial charge in [0.15, 0.2) is 0 Å². The van der Waals surface area contributed by atoms with Crippen molar-refractivity contribution in [3.63, 3.8) is 0 Å². The molecule has 1 unspecified atom stereocenters. The third-order valence-corrected chi connectivity index (χ3v) is 3.10. The molecule has 2 heterocycles. The largest absolute Gasteiger partial charge is 0.377 e. The first-order valence-corrected chi connectivity index (χ1v) is 6.58. The number of hydrogen-bond acceptors (Lipinski definition) is 5. The Morgan fingerprint density at radius 3 is 3.00 bits per heavy atom. The molecule has 100 valence electrons. The van der Waals surface area contributed by atoms with Crippen LogP contribution in [0.15, 0.2) is 6.07 Å². The zero-order valence-corrected chi connectivity index (χ0v) is 11.4. The van der Waals surface area contributed by atoms with E-state index in [-0.39, 0.29) is 0 Å². The van der Waals surface area contributed by atoms with Crippen LogP contribution in [0.5, 0.6) is 0 Å². The monoisotopic (exact) mass is 250 g/mol. The van der Waals surface area contributed by atoms with Crippen LogP contribution in [0.4, 0.5) is 5.82 Å². The van der Waals surface area contributed by atoms with Crippen LogP contribution in [0.2, 0.25) is 0 Å². The molecule has 0 bridgehead atoms.